The Bertz CT molecular complexity index is 870. The zero-order valence-corrected chi connectivity index (χ0v) is 17.2. The van der Waals surface area contributed by atoms with Gasteiger partial charge in [-0.15, -0.1) is 0 Å². The smallest absolute Gasteiger partial charge is 0.251 e. The van der Waals surface area contributed by atoms with Crippen molar-refractivity contribution >= 4 is 17.9 Å². The van der Waals surface area contributed by atoms with Crippen molar-refractivity contribution in [2.75, 3.05) is 13.7 Å². The minimum atomic E-state index is -0.438. The number of hydrogen-bond acceptors (Lipinski definition) is 3. The molecule has 1 unspecified atom stereocenters. The third-order valence-electron chi connectivity index (χ3n) is 4.43. The Morgan fingerprint density at radius 3 is 2.34 bits per heavy atom. The summed E-state index contributed by atoms with van der Waals surface area (Å²) >= 11 is 0. The van der Waals surface area contributed by atoms with Gasteiger partial charge in [0.1, 0.15) is 6.61 Å². The lowest BCUT2D eigenvalue weighted by molar-refractivity contribution is -0.118. The standard InChI is InChI=1S/C23H27FN2O3/c1-23(2,3)20(15-29-19-8-6-5-7-18(19)24)26-21(27)14-11-16-9-12-17(13-10-16)22(28)25-4/h5-14,20H,15H2,1-4H3,(H,25,28)(H,26,27)/b14-11+. The quantitative estimate of drug-likeness (QED) is 0.697. The van der Waals surface area contributed by atoms with Crippen LogP contribution in [0, 0.1) is 11.2 Å². The molecule has 0 aliphatic rings. The second-order valence-electron chi connectivity index (χ2n) is 7.70. The lowest BCUT2D eigenvalue weighted by atomic mass is 9.87. The van der Waals surface area contributed by atoms with Gasteiger partial charge < -0.3 is 15.4 Å². The third kappa shape index (κ3) is 6.75. The van der Waals surface area contributed by atoms with Crippen LogP contribution in [0.1, 0.15) is 36.7 Å². The summed E-state index contributed by atoms with van der Waals surface area (Å²) in [5.74, 6) is -0.729. The van der Waals surface area contributed by atoms with E-state index in [0.29, 0.717) is 5.56 Å². The zero-order valence-electron chi connectivity index (χ0n) is 17.2. The molecule has 29 heavy (non-hydrogen) atoms. The van der Waals surface area contributed by atoms with Crippen molar-refractivity contribution in [3.8, 4) is 5.75 Å². The Balaban J connectivity index is 1.99. The number of hydrogen-bond donors (Lipinski definition) is 2. The van der Waals surface area contributed by atoms with Crippen LogP contribution in [-0.2, 0) is 4.79 Å². The largest absolute Gasteiger partial charge is 0.488 e. The molecule has 0 radical (unpaired) electrons. The number of nitrogens with one attached hydrogen (secondary N) is 2. The summed E-state index contributed by atoms with van der Waals surface area (Å²) < 4.78 is 19.3. The Morgan fingerprint density at radius 2 is 1.76 bits per heavy atom. The fourth-order valence-electron chi connectivity index (χ4n) is 2.52. The predicted octanol–water partition coefficient (Wildman–Crippen LogP) is 3.81. The van der Waals surface area contributed by atoms with Crippen LogP contribution >= 0.6 is 0 Å². The molecule has 0 saturated heterocycles. The molecule has 0 bridgehead atoms. The minimum absolute atomic E-state index is 0.144. The molecule has 0 aromatic heterocycles. The Hall–Kier alpha value is -3.15. The van der Waals surface area contributed by atoms with E-state index in [2.05, 4.69) is 10.6 Å². The Kier molecular flexibility index (Phi) is 7.53. The molecule has 0 heterocycles. The molecule has 0 saturated carbocycles. The lowest BCUT2D eigenvalue weighted by Gasteiger charge is -2.31. The summed E-state index contributed by atoms with van der Waals surface area (Å²) in [6, 6.07) is 12.8. The highest BCUT2D eigenvalue weighted by atomic mass is 19.1. The number of ether oxygens (including phenoxy) is 1. The number of para-hydroxylation sites is 1. The highest BCUT2D eigenvalue weighted by molar-refractivity contribution is 5.94. The van der Waals surface area contributed by atoms with Crippen molar-refractivity contribution in [3.63, 3.8) is 0 Å². The number of halogens is 1. The van der Waals surface area contributed by atoms with Gasteiger partial charge in [-0.25, -0.2) is 4.39 Å². The summed E-state index contributed by atoms with van der Waals surface area (Å²) in [7, 11) is 1.57. The molecule has 5 nitrogen and oxygen atoms in total. The van der Waals surface area contributed by atoms with Crippen molar-refractivity contribution in [1.82, 2.24) is 10.6 Å². The molecule has 0 aliphatic heterocycles. The second kappa shape index (κ2) is 9.87. The van der Waals surface area contributed by atoms with E-state index in [4.69, 9.17) is 4.74 Å². The third-order valence-corrected chi connectivity index (χ3v) is 4.43. The molecule has 2 N–H and O–H groups in total. The van der Waals surface area contributed by atoms with Crippen LogP contribution in [0.3, 0.4) is 0 Å². The Morgan fingerprint density at radius 1 is 1.10 bits per heavy atom. The average Bonchev–Trinajstić information content (AvgIpc) is 2.69. The van der Waals surface area contributed by atoms with Gasteiger partial charge in [0.05, 0.1) is 6.04 Å². The van der Waals surface area contributed by atoms with Gasteiger partial charge in [-0.05, 0) is 41.3 Å². The number of amides is 2. The first-order chi connectivity index (χ1) is 13.7. The molecular formula is C23H27FN2O3. The van der Waals surface area contributed by atoms with Crippen molar-refractivity contribution in [2.45, 2.75) is 26.8 Å². The second-order valence-corrected chi connectivity index (χ2v) is 7.70. The molecule has 1 atom stereocenters. The average molecular weight is 398 g/mol. The van der Waals surface area contributed by atoms with Gasteiger partial charge >= 0.3 is 0 Å². The maximum Gasteiger partial charge on any atom is 0.251 e. The van der Waals surface area contributed by atoms with Gasteiger partial charge in [-0.3, -0.25) is 9.59 Å². The van der Waals surface area contributed by atoms with Gasteiger partial charge in [0.15, 0.2) is 11.6 Å². The van der Waals surface area contributed by atoms with Crippen molar-refractivity contribution in [1.29, 1.82) is 0 Å². The van der Waals surface area contributed by atoms with E-state index in [0.717, 1.165) is 5.56 Å². The fraction of sp³-hybridized carbons (Fsp3) is 0.304. The van der Waals surface area contributed by atoms with Crippen LogP contribution in [0.5, 0.6) is 5.75 Å². The van der Waals surface area contributed by atoms with Gasteiger partial charge in [-0.1, -0.05) is 45.0 Å². The SMILES string of the molecule is CNC(=O)c1ccc(/C=C/C(=O)NC(COc2ccccc2F)C(C)(C)C)cc1. The molecule has 0 fully saturated rings. The van der Waals surface area contributed by atoms with Crippen LogP contribution in [0.25, 0.3) is 6.08 Å². The van der Waals surface area contributed by atoms with Crippen molar-refractivity contribution in [2.24, 2.45) is 5.41 Å². The van der Waals surface area contributed by atoms with Crippen molar-refractivity contribution in [3.05, 3.63) is 71.6 Å². The molecule has 0 spiro atoms. The van der Waals surface area contributed by atoms with Crippen LogP contribution in [-0.4, -0.2) is 31.5 Å². The normalized spacial score (nSPS) is 12.4. The van der Waals surface area contributed by atoms with Crippen LogP contribution in [0.2, 0.25) is 0 Å². The minimum Gasteiger partial charge on any atom is -0.488 e. The van der Waals surface area contributed by atoms with E-state index in [1.165, 1.54) is 12.1 Å². The van der Waals surface area contributed by atoms with E-state index in [1.807, 2.05) is 20.8 Å². The summed E-state index contributed by atoms with van der Waals surface area (Å²) in [4.78, 5) is 23.9. The lowest BCUT2D eigenvalue weighted by Crippen LogP contribution is -2.47. The summed E-state index contributed by atoms with van der Waals surface area (Å²) in [6.45, 7) is 6.07. The Labute approximate surface area is 171 Å². The van der Waals surface area contributed by atoms with E-state index < -0.39 is 5.82 Å². The predicted molar refractivity (Wildman–Crippen MR) is 112 cm³/mol. The van der Waals surface area contributed by atoms with E-state index >= 15 is 0 Å². The monoisotopic (exact) mass is 398 g/mol. The highest BCUT2D eigenvalue weighted by Crippen LogP contribution is 2.22. The van der Waals surface area contributed by atoms with Crippen molar-refractivity contribution < 1.29 is 18.7 Å². The maximum absolute atomic E-state index is 13.8. The molecule has 2 rings (SSSR count). The van der Waals surface area contributed by atoms with E-state index in [9.17, 15) is 14.0 Å². The first-order valence-corrected chi connectivity index (χ1v) is 9.39. The molecule has 2 aromatic rings. The number of benzene rings is 2. The number of rotatable bonds is 7. The molecule has 154 valence electrons. The van der Waals surface area contributed by atoms with Gasteiger partial charge in [0.25, 0.3) is 5.91 Å². The molecular weight excluding hydrogens is 371 g/mol. The van der Waals surface area contributed by atoms with Gasteiger partial charge in [-0.2, -0.15) is 0 Å². The fourth-order valence-corrected chi connectivity index (χ4v) is 2.52. The molecule has 2 aromatic carbocycles. The maximum atomic E-state index is 13.8. The highest BCUT2D eigenvalue weighted by Gasteiger charge is 2.26. The summed E-state index contributed by atoms with van der Waals surface area (Å²) in [6.07, 6.45) is 3.09. The summed E-state index contributed by atoms with van der Waals surface area (Å²) in [5, 5.41) is 5.48. The number of carbonyl (C=O) groups excluding carboxylic acids is 2. The molecule has 2 amide bonds. The number of carbonyl (C=O) groups is 2. The van der Waals surface area contributed by atoms with E-state index in [1.54, 1.807) is 55.6 Å². The van der Waals surface area contributed by atoms with Crippen LogP contribution < -0.4 is 15.4 Å². The topological polar surface area (TPSA) is 67.4 Å². The molecule has 6 heteroatoms. The zero-order chi connectivity index (χ0) is 21.4. The molecule has 0 aliphatic carbocycles. The first kappa shape index (κ1) is 22.1. The van der Waals surface area contributed by atoms with Gasteiger partial charge in [0, 0.05) is 18.7 Å². The van der Waals surface area contributed by atoms with Gasteiger partial charge in [0.2, 0.25) is 5.91 Å². The first-order valence-electron chi connectivity index (χ1n) is 9.39. The van der Waals surface area contributed by atoms with Crippen LogP contribution in [0.15, 0.2) is 54.6 Å². The summed E-state index contributed by atoms with van der Waals surface area (Å²) in [5.41, 5.74) is 1.05. The van der Waals surface area contributed by atoms with E-state index in [-0.39, 0.29) is 35.6 Å². The van der Waals surface area contributed by atoms with Crippen LogP contribution in [0.4, 0.5) is 4.39 Å².